The highest BCUT2D eigenvalue weighted by Crippen LogP contribution is 2.38. The molecule has 10 nitrogen and oxygen atoms in total. The number of H-pyrrole nitrogens is 1. The van der Waals surface area contributed by atoms with Crippen LogP contribution in [-0.2, 0) is 4.79 Å². The number of anilines is 4. The maximum Gasteiger partial charge on any atom is 0.247 e. The third-order valence-corrected chi connectivity index (χ3v) is 5.70. The third kappa shape index (κ3) is 5.44. The molecular weight excluding hydrogens is 456 g/mol. The van der Waals surface area contributed by atoms with Crippen LogP contribution in [0.1, 0.15) is 0 Å². The van der Waals surface area contributed by atoms with Crippen molar-refractivity contribution in [3.05, 3.63) is 61.6 Å². The Hall–Kier alpha value is -4.44. The predicted molar refractivity (Wildman–Crippen MR) is 144 cm³/mol. The second kappa shape index (κ2) is 10.9. The van der Waals surface area contributed by atoms with E-state index in [1.807, 2.05) is 57.7 Å². The maximum absolute atomic E-state index is 12.2. The summed E-state index contributed by atoms with van der Waals surface area (Å²) in [5.74, 6) is 1.14. The van der Waals surface area contributed by atoms with E-state index in [9.17, 15) is 4.79 Å². The molecule has 4 aromatic rings. The average Bonchev–Trinajstić information content (AvgIpc) is 3.36. The van der Waals surface area contributed by atoms with Gasteiger partial charge in [-0.25, -0.2) is 9.97 Å². The lowest BCUT2D eigenvalue weighted by atomic mass is 10.1. The Morgan fingerprint density at radius 2 is 1.97 bits per heavy atom. The van der Waals surface area contributed by atoms with Crippen LogP contribution in [0.4, 0.5) is 23.0 Å². The van der Waals surface area contributed by atoms with Gasteiger partial charge in [-0.2, -0.15) is 4.98 Å². The van der Waals surface area contributed by atoms with Crippen molar-refractivity contribution in [3.8, 4) is 17.1 Å². The Morgan fingerprint density at radius 1 is 1.14 bits per heavy atom. The summed E-state index contributed by atoms with van der Waals surface area (Å²) in [6.45, 7) is 5.16. The summed E-state index contributed by atoms with van der Waals surface area (Å²) >= 11 is 0. The van der Waals surface area contributed by atoms with Crippen LogP contribution in [0.3, 0.4) is 0 Å². The molecule has 3 N–H and O–H groups in total. The number of fused-ring (bicyclic) bond motifs is 1. The number of para-hydroxylation sites is 1. The van der Waals surface area contributed by atoms with Crippen molar-refractivity contribution in [2.75, 3.05) is 56.9 Å². The first-order valence-corrected chi connectivity index (χ1v) is 11.4. The summed E-state index contributed by atoms with van der Waals surface area (Å²) in [6, 6.07) is 11.6. The summed E-state index contributed by atoms with van der Waals surface area (Å²) in [4.78, 5) is 32.9. The molecule has 4 rings (SSSR count). The van der Waals surface area contributed by atoms with Gasteiger partial charge in [0.05, 0.1) is 29.7 Å². The maximum atomic E-state index is 12.2. The molecule has 36 heavy (non-hydrogen) atoms. The minimum atomic E-state index is -0.310. The second-order valence-electron chi connectivity index (χ2n) is 8.49. The van der Waals surface area contributed by atoms with Gasteiger partial charge in [-0.3, -0.25) is 4.79 Å². The van der Waals surface area contributed by atoms with Gasteiger partial charge in [-0.1, -0.05) is 18.7 Å². The molecule has 2 heterocycles. The fraction of sp³-hybridized carbons (Fsp3) is 0.231. The van der Waals surface area contributed by atoms with Crippen LogP contribution in [0.2, 0.25) is 0 Å². The van der Waals surface area contributed by atoms with Crippen LogP contribution in [0, 0.1) is 0 Å². The number of nitrogens with one attached hydrogen (secondary N) is 3. The number of hydrogen-bond acceptors (Lipinski definition) is 8. The van der Waals surface area contributed by atoms with Crippen LogP contribution in [-0.4, -0.2) is 72.1 Å². The topological polar surface area (TPSA) is 111 Å². The van der Waals surface area contributed by atoms with Crippen molar-refractivity contribution < 1.29 is 9.53 Å². The molecule has 186 valence electrons. The van der Waals surface area contributed by atoms with Crippen LogP contribution < -0.4 is 20.3 Å². The highest BCUT2D eigenvalue weighted by atomic mass is 16.5. The number of hydrogen-bond donors (Lipinski definition) is 3. The number of methoxy groups -OCH3 is 1. The van der Waals surface area contributed by atoms with Crippen LogP contribution in [0.5, 0.6) is 5.75 Å². The van der Waals surface area contributed by atoms with Gasteiger partial charge in [0.2, 0.25) is 11.9 Å². The van der Waals surface area contributed by atoms with E-state index in [1.54, 1.807) is 13.2 Å². The van der Waals surface area contributed by atoms with E-state index < -0.39 is 0 Å². The molecule has 1 amide bonds. The van der Waals surface area contributed by atoms with Gasteiger partial charge in [0.15, 0.2) is 5.82 Å². The van der Waals surface area contributed by atoms with E-state index in [0.717, 1.165) is 35.2 Å². The highest BCUT2D eigenvalue weighted by molar-refractivity contribution is 6.02. The quantitative estimate of drug-likeness (QED) is 0.290. The molecule has 0 unspecified atom stereocenters. The van der Waals surface area contributed by atoms with E-state index >= 15 is 0 Å². The van der Waals surface area contributed by atoms with Crippen molar-refractivity contribution in [3.63, 3.8) is 0 Å². The van der Waals surface area contributed by atoms with Gasteiger partial charge in [0, 0.05) is 43.4 Å². The molecule has 10 heteroatoms. The van der Waals surface area contributed by atoms with Gasteiger partial charge in [-0.15, -0.1) is 0 Å². The first-order valence-electron chi connectivity index (χ1n) is 11.4. The number of benzene rings is 2. The predicted octanol–water partition coefficient (Wildman–Crippen LogP) is 3.89. The summed E-state index contributed by atoms with van der Waals surface area (Å²) in [6.07, 6.45) is 4.58. The fourth-order valence-electron chi connectivity index (χ4n) is 3.78. The van der Waals surface area contributed by atoms with Crippen molar-refractivity contribution in [2.45, 2.75) is 0 Å². The Kier molecular flexibility index (Phi) is 7.45. The Bertz CT molecular complexity index is 1380. The van der Waals surface area contributed by atoms with E-state index in [0.29, 0.717) is 28.9 Å². The Labute approximate surface area is 210 Å². The number of nitrogens with zero attached hydrogens (tertiary/aromatic N) is 5. The molecule has 0 aliphatic heterocycles. The van der Waals surface area contributed by atoms with Gasteiger partial charge < -0.3 is 30.2 Å². The van der Waals surface area contributed by atoms with Crippen LogP contribution in [0.25, 0.3) is 22.3 Å². The zero-order chi connectivity index (χ0) is 25.7. The molecule has 0 radical (unpaired) electrons. The lowest BCUT2D eigenvalue weighted by molar-refractivity contribution is -0.111. The largest absolute Gasteiger partial charge is 0.494 e. The first kappa shape index (κ1) is 24.7. The van der Waals surface area contributed by atoms with Crippen LogP contribution in [0.15, 0.2) is 61.6 Å². The van der Waals surface area contributed by atoms with Crippen molar-refractivity contribution in [2.24, 2.45) is 0 Å². The molecule has 0 atom stereocenters. The molecule has 0 aliphatic rings. The minimum absolute atomic E-state index is 0.310. The molecule has 0 saturated heterocycles. The fourth-order valence-corrected chi connectivity index (χ4v) is 3.78. The van der Waals surface area contributed by atoms with E-state index in [-0.39, 0.29) is 5.91 Å². The van der Waals surface area contributed by atoms with E-state index in [1.165, 1.54) is 12.4 Å². The lowest BCUT2D eigenvalue weighted by Crippen LogP contribution is -2.29. The van der Waals surface area contributed by atoms with E-state index in [4.69, 9.17) is 4.74 Å². The Morgan fingerprint density at radius 3 is 2.72 bits per heavy atom. The third-order valence-electron chi connectivity index (χ3n) is 5.70. The number of aromatic amines is 1. The van der Waals surface area contributed by atoms with Crippen molar-refractivity contribution >= 4 is 39.8 Å². The summed E-state index contributed by atoms with van der Waals surface area (Å²) in [5, 5.41) is 7.19. The monoisotopic (exact) mass is 486 g/mol. The SMILES string of the molecule is C=CC(=O)Nc1cc(Nc2ncnc(-c3cccc4cc[nH]c34)n2)c(OC)cc1N(C)CCN(C)C. The van der Waals surface area contributed by atoms with Crippen molar-refractivity contribution in [1.82, 2.24) is 24.8 Å². The molecular formula is C26H30N8O2. The zero-order valence-corrected chi connectivity index (χ0v) is 20.9. The molecule has 2 aromatic carbocycles. The molecule has 0 saturated carbocycles. The minimum Gasteiger partial charge on any atom is -0.494 e. The Balaban J connectivity index is 1.70. The number of rotatable bonds is 10. The molecule has 0 aliphatic carbocycles. The molecule has 0 spiro atoms. The number of aromatic nitrogens is 4. The first-order chi connectivity index (χ1) is 17.4. The number of likely N-dealkylation sites (N-methyl/N-ethyl adjacent to an activating group) is 2. The number of carbonyl (C=O) groups excluding carboxylic acids is 1. The van der Waals surface area contributed by atoms with Gasteiger partial charge >= 0.3 is 0 Å². The second-order valence-corrected chi connectivity index (χ2v) is 8.49. The lowest BCUT2D eigenvalue weighted by Gasteiger charge is -2.26. The average molecular weight is 487 g/mol. The molecule has 0 fully saturated rings. The van der Waals surface area contributed by atoms with Crippen LogP contribution >= 0.6 is 0 Å². The summed E-state index contributed by atoms with van der Waals surface area (Å²) in [5.41, 5.74) is 3.83. The number of carbonyl (C=O) groups is 1. The van der Waals surface area contributed by atoms with Gasteiger partial charge in [0.25, 0.3) is 0 Å². The summed E-state index contributed by atoms with van der Waals surface area (Å²) in [7, 11) is 7.59. The molecule has 2 aromatic heterocycles. The smallest absolute Gasteiger partial charge is 0.247 e. The normalized spacial score (nSPS) is 10.9. The number of ether oxygens (including phenoxy) is 1. The van der Waals surface area contributed by atoms with E-state index in [2.05, 4.69) is 46.9 Å². The summed E-state index contributed by atoms with van der Waals surface area (Å²) < 4.78 is 5.67. The standard InChI is InChI=1S/C26H30N8O2/c1-6-23(35)30-19-14-20(22(36-5)15-21(19)34(4)13-12-33(2)3)31-26-29-16-28-25(32-26)18-9-7-8-17-10-11-27-24(17)18/h6-11,14-16,27H,1,12-13H2,2-5H3,(H,30,35)(H,28,29,31,32). The zero-order valence-electron chi connectivity index (χ0n) is 20.9. The molecule has 0 bridgehead atoms. The van der Waals surface area contributed by atoms with Crippen molar-refractivity contribution in [1.29, 1.82) is 0 Å². The van der Waals surface area contributed by atoms with Gasteiger partial charge in [-0.05, 0) is 38.4 Å². The van der Waals surface area contributed by atoms with Gasteiger partial charge in [0.1, 0.15) is 12.1 Å². The number of amides is 1. The highest BCUT2D eigenvalue weighted by Gasteiger charge is 2.17.